The van der Waals surface area contributed by atoms with E-state index in [0.29, 0.717) is 11.7 Å². The number of thioether (sulfide) groups is 1. The summed E-state index contributed by atoms with van der Waals surface area (Å²) in [7, 11) is 1.97. The fourth-order valence-electron chi connectivity index (χ4n) is 1.94. The van der Waals surface area contributed by atoms with Gasteiger partial charge < -0.3 is 10.2 Å². The maximum absolute atomic E-state index is 14.1. The van der Waals surface area contributed by atoms with Crippen LogP contribution < -0.4 is 10.2 Å². The van der Waals surface area contributed by atoms with E-state index >= 15 is 0 Å². The van der Waals surface area contributed by atoms with Crippen LogP contribution in [0, 0.1) is 5.82 Å². The van der Waals surface area contributed by atoms with Crippen molar-refractivity contribution in [3.8, 4) is 0 Å². The van der Waals surface area contributed by atoms with E-state index in [1.165, 1.54) is 0 Å². The summed E-state index contributed by atoms with van der Waals surface area (Å²) in [6.07, 6.45) is 3.17. The van der Waals surface area contributed by atoms with Crippen molar-refractivity contribution in [1.29, 1.82) is 0 Å². The molecule has 1 atom stereocenters. The Bertz CT molecular complexity index is 384. The average molecular weight is 284 g/mol. The normalized spacial score (nSPS) is 12.5. The smallest absolute Gasteiger partial charge is 0.146 e. The molecule has 0 aliphatic heterocycles. The SMILES string of the molecule is CCNCc1ccc(N(C)C(C)CCSC)c(F)c1. The van der Waals surface area contributed by atoms with E-state index in [-0.39, 0.29) is 5.82 Å². The Morgan fingerprint density at radius 2 is 2.16 bits per heavy atom. The van der Waals surface area contributed by atoms with Crippen LogP contribution in [0.25, 0.3) is 0 Å². The first kappa shape index (κ1) is 16.3. The van der Waals surface area contributed by atoms with Crippen molar-refractivity contribution in [2.45, 2.75) is 32.9 Å². The van der Waals surface area contributed by atoms with E-state index in [0.717, 1.165) is 30.8 Å². The third-order valence-corrected chi connectivity index (χ3v) is 4.02. The minimum atomic E-state index is -0.131. The van der Waals surface area contributed by atoms with Gasteiger partial charge in [0.25, 0.3) is 0 Å². The standard InChI is InChI=1S/C15H25FN2S/c1-5-17-11-13-6-7-15(14(16)10-13)18(3)12(2)8-9-19-4/h6-7,10,12,17H,5,8-9,11H2,1-4H3. The van der Waals surface area contributed by atoms with E-state index in [1.807, 2.05) is 42.8 Å². The van der Waals surface area contributed by atoms with Gasteiger partial charge in [0.05, 0.1) is 5.69 Å². The van der Waals surface area contributed by atoms with Gasteiger partial charge >= 0.3 is 0 Å². The molecular weight excluding hydrogens is 259 g/mol. The lowest BCUT2D eigenvalue weighted by Crippen LogP contribution is -2.30. The van der Waals surface area contributed by atoms with Crippen LogP contribution in [0.1, 0.15) is 25.8 Å². The van der Waals surface area contributed by atoms with Gasteiger partial charge in [-0.1, -0.05) is 13.0 Å². The van der Waals surface area contributed by atoms with Crippen molar-refractivity contribution in [2.75, 3.05) is 30.5 Å². The van der Waals surface area contributed by atoms with E-state index in [4.69, 9.17) is 0 Å². The van der Waals surface area contributed by atoms with Crippen LogP contribution in [0.3, 0.4) is 0 Å². The molecular formula is C15H25FN2S. The lowest BCUT2D eigenvalue weighted by Gasteiger charge is -2.27. The summed E-state index contributed by atoms with van der Waals surface area (Å²) in [5.74, 6) is 0.972. The second-order valence-corrected chi connectivity index (χ2v) is 5.79. The first-order chi connectivity index (χ1) is 9.10. The fraction of sp³-hybridized carbons (Fsp3) is 0.600. The Morgan fingerprint density at radius 3 is 2.74 bits per heavy atom. The second kappa shape index (κ2) is 8.43. The van der Waals surface area contributed by atoms with Crippen molar-refractivity contribution in [3.05, 3.63) is 29.6 Å². The fourth-order valence-corrected chi connectivity index (χ4v) is 2.51. The lowest BCUT2D eigenvalue weighted by molar-refractivity contribution is 0.597. The minimum Gasteiger partial charge on any atom is -0.369 e. The van der Waals surface area contributed by atoms with Crippen LogP contribution in [0.4, 0.5) is 10.1 Å². The first-order valence-electron chi connectivity index (χ1n) is 6.81. The number of nitrogens with one attached hydrogen (secondary N) is 1. The van der Waals surface area contributed by atoms with Crippen LogP contribution in [0.15, 0.2) is 18.2 Å². The largest absolute Gasteiger partial charge is 0.369 e. The van der Waals surface area contributed by atoms with Gasteiger partial charge in [0.15, 0.2) is 0 Å². The van der Waals surface area contributed by atoms with Crippen molar-refractivity contribution in [2.24, 2.45) is 0 Å². The number of anilines is 1. The predicted octanol–water partition coefficient (Wildman–Crippen LogP) is 3.51. The number of benzene rings is 1. The number of nitrogens with zero attached hydrogens (tertiary/aromatic N) is 1. The molecule has 0 radical (unpaired) electrons. The molecule has 1 unspecified atom stereocenters. The number of hydrogen-bond donors (Lipinski definition) is 1. The third kappa shape index (κ3) is 5.03. The molecule has 1 N–H and O–H groups in total. The number of hydrogen-bond acceptors (Lipinski definition) is 3. The summed E-state index contributed by atoms with van der Waals surface area (Å²) >= 11 is 1.83. The molecule has 1 aromatic rings. The highest BCUT2D eigenvalue weighted by Gasteiger charge is 2.13. The molecule has 0 aliphatic carbocycles. The highest BCUT2D eigenvalue weighted by Crippen LogP contribution is 2.22. The van der Waals surface area contributed by atoms with Gasteiger partial charge in [-0.3, -0.25) is 0 Å². The molecule has 0 spiro atoms. The highest BCUT2D eigenvalue weighted by atomic mass is 32.2. The van der Waals surface area contributed by atoms with Gasteiger partial charge in [-0.25, -0.2) is 4.39 Å². The summed E-state index contributed by atoms with van der Waals surface area (Å²) < 4.78 is 14.1. The maximum Gasteiger partial charge on any atom is 0.146 e. The quantitative estimate of drug-likeness (QED) is 0.786. The monoisotopic (exact) mass is 284 g/mol. The Balaban J connectivity index is 2.72. The summed E-state index contributed by atoms with van der Waals surface area (Å²) in [6.45, 7) is 5.81. The molecule has 1 rings (SSSR count). The lowest BCUT2D eigenvalue weighted by atomic mass is 10.1. The van der Waals surface area contributed by atoms with Gasteiger partial charge in [0.1, 0.15) is 5.82 Å². The van der Waals surface area contributed by atoms with Gasteiger partial charge in [-0.15, -0.1) is 0 Å². The molecule has 0 aliphatic rings. The van der Waals surface area contributed by atoms with Crippen LogP contribution in [-0.2, 0) is 6.54 Å². The van der Waals surface area contributed by atoms with Crippen molar-refractivity contribution < 1.29 is 4.39 Å². The van der Waals surface area contributed by atoms with Crippen molar-refractivity contribution in [3.63, 3.8) is 0 Å². The molecule has 108 valence electrons. The first-order valence-corrected chi connectivity index (χ1v) is 8.20. The molecule has 0 bridgehead atoms. The molecule has 0 fully saturated rings. The molecule has 0 heterocycles. The van der Waals surface area contributed by atoms with Crippen LogP contribution >= 0.6 is 11.8 Å². The summed E-state index contributed by atoms with van der Waals surface area (Å²) in [6, 6.07) is 5.87. The predicted molar refractivity (Wildman–Crippen MR) is 84.6 cm³/mol. The Hall–Kier alpha value is -0.740. The molecule has 4 heteroatoms. The van der Waals surface area contributed by atoms with Gasteiger partial charge in [-0.2, -0.15) is 11.8 Å². The van der Waals surface area contributed by atoms with Crippen molar-refractivity contribution >= 4 is 17.4 Å². The van der Waals surface area contributed by atoms with E-state index in [9.17, 15) is 4.39 Å². The van der Waals surface area contributed by atoms with Gasteiger partial charge in [-0.05, 0) is 49.6 Å². The third-order valence-electron chi connectivity index (χ3n) is 3.37. The summed E-state index contributed by atoms with van der Waals surface area (Å²) in [5.41, 5.74) is 1.68. The summed E-state index contributed by atoms with van der Waals surface area (Å²) in [5, 5.41) is 3.21. The zero-order valence-corrected chi connectivity index (χ0v) is 13.2. The highest BCUT2D eigenvalue weighted by molar-refractivity contribution is 7.98. The molecule has 0 aromatic heterocycles. The zero-order chi connectivity index (χ0) is 14.3. The molecule has 1 aromatic carbocycles. The maximum atomic E-state index is 14.1. The minimum absolute atomic E-state index is 0.131. The van der Waals surface area contributed by atoms with E-state index < -0.39 is 0 Å². The molecule has 19 heavy (non-hydrogen) atoms. The Kier molecular flexibility index (Phi) is 7.24. The zero-order valence-electron chi connectivity index (χ0n) is 12.4. The molecule has 0 saturated heterocycles. The molecule has 2 nitrogen and oxygen atoms in total. The number of rotatable bonds is 8. The molecule has 0 amide bonds. The van der Waals surface area contributed by atoms with Gasteiger partial charge in [0, 0.05) is 19.6 Å². The van der Waals surface area contributed by atoms with Gasteiger partial charge in [0.2, 0.25) is 0 Å². The Labute approximate surface area is 120 Å². The van der Waals surface area contributed by atoms with E-state index in [1.54, 1.807) is 6.07 Å². The van der Waals surface area contributed by atoms with Crippen LogP contribution in [-0.4, -0.2) is 31.6 Å². The van der Waals surface area contributed by atoms with E-state index in [2.05, 4.69) is 18.5 Å². The van der Waals surface area contributed by atoms with Crippen molar-refractivity contribution in [1.82, 2.24) is 5.32 Å². The second-order valence-electron chi connectivity index (χ2n) is 4.81. The molecule has 0 saturated carbocycles. The Morgan fingerprint density at radius 1 is 1.42 bits per heavy atom. The number of halogens is 1. The topological polar surface area (TPSA) is 15.3 Å². The van der Waals surface area contributed by atoms with Crippen LogP contribution in [0.2, 0.25) is 0 Å². The average Bonchev–Trinajstić information content (AvgIpc) is 2.41. The summed E-state index contributed by atoms with van der Waals surface area (Å²) in [4.78, 5) is 2.03. The van der Waals surface area contributed by atoms with Crippen LogP contribution in [0.5, 0.6) is 0 Å².